The second kappa shape index (κ2) is 8.28. The van der Waals surface area contributed by atoms with Crippen LogP contribution in [0.5, 0.6) is 5.88 Å². The number of methoxy groups -OCH3 is 1. The molecular formula is C14H11F5N4O4S2. The van der Waals surface area contributed by atoms with E-state index in [0.717, 1.165) is 5.38 Å². The molecule has 0 fully saturated rings. The summed E-state index contributed by atoms with van der Waals surface area (Å²) in [4.78, 5) is 19.5. The van der Waals surface area contributed by atoms with Crippen molar-refractivity contribution in [3.05, 3.63) is 34.6 Å². The van der Waals surface area contributed by atoms with E-state index in [1.54, 1.807) is 0 Å². The Kier molecular flexibility index (Phi) is 6.42. The summed E-state index contributed by atoms with van der Waals surface area (Å²) in [5.41, 5.74) is -0.816. The quantitative estimate of drug-likeness (QED) is 0.664. The van der Waals surface area contributed by atoms with Crippen LogP contribution in [0, 0.1) is 6.92 Å². The summed E-state index contributed by atoms with van der Waals surface area (Å²) in [6.07, 6.45) is -5.65. The van der Waals surface area contributed by atoms with Gasteiger partial charge in [-0.05, 0) is 18.4 Å². The molecule has 0 aromatic carbocycles. The van der Waals surface area contributed by atoms with Crippen LogP contribution in [-0.4, -0.2) is 37.7 Å². The Morgan fingerprint density at radius 3 is 2.48 bits per heavy atom. The molecule has 8 nitrogen and oxygen atoms in total. The third-order valence-corrected chi connectivity index (χ3v) is 5.86. The molecule has 0 aliphatic carbocycles. The zero-order valence-corrected chi connectivity index (χ0v) is 16.1. The molecule has 158 valence electrons. The van der Waals surface area contributed by atoms with E-state index in [-0.39, 0.29) is 23.2 Å². The highest BCUT2D eigenvalue weighted by Gasteiger charge is 2.40. The van der Waals surface area contributed by atoms with E-state index in [9.17, 15) is 35.2 Å². The highest BCUT2D eigenvalue weighted by Crippen LogP contribution is 2.38. The van der Waals surface area contributed by atoms with Crippen LogP contribution in [0.15, 0.2) is 27.5 Å². The lowest BCUT2D eigenvalue weighted by atomic mass is 10.2. The molecule has 0 radical (unpaired) electrons. The standard InChI is InChI=1S/C14H11F5N4O4S2/c1-6-5-8(27-2)21-12(20-6)22-13(24)23-29(25,26)11-7(3-4-28-11)9(15)10(16)14(17,18)19/h3-5H,1-2H3,(H2,20,21,22,23,24)/b10-9-. The first-order valence-electron chi connectivity index (χ1n) is 7.29. The number of aromatic nitrogens is 2. The van der Waals surface area contributed by atoms with Crippen molar-refractivity contribution in [2.75, 3.05) is 12.4 Å². The molecule has 2 aromatic rings. The zero-order valence-electron chi connectivity index (χ0n) is 14.5. The number of aryl methyl sites for hydroxylation is 1. The Balaban J connectivity index is 2.28. The van der Waals surface area contributed by atoms with Gasteiger partial charge in [0.25, 0.3) is 10.0 Å². The summed E-state index contributed by atoms with van der Waals surface area (Å²) < 4.78 is 93.8. The predicted octanol–water partition coefficient (Wildman–Crippen LogP) is 3.54. The second-order valence-electron chi connectivity index (χ2n) is 5.18. The van der Waals surface area contributed by atoms with Crippen molar-refractivity contribution in [1.29, 1.82) is 0 Å². The Bertz CT molecular complexity index is 1070. The number of ether oxygens (including phenoxy) is 1. The SMILES string of the molecule is COc1cc(C)nc(NC(=O)NS(=O)(=O)c2sccc2/C(F)=C(/F)C(F)(F)F)n1. The van der Waals surface area contributed by atoms with E-state index in [1.807, 2.05) is 5.32 Å². The fourth-order valence-corrected chi connectivity index (χ4v) is 4.15. The van der Waals surface area contributed by atoms with Gasteiger partial charge in [0.15, 0.2) is 10.0 Å². The maximum absolute atomic E-state index is 13.8. The Morgan fingerprint density at radius 1 is 1.24 bits per heavy atom. The molecular weight excluding hydrogens is 447 g/mol. The summed E-state index contributed by atoms with van der Waals surface area (Å²) in [6.45, 7) is 1.53. The topological polar surface area (TPSA) is 110 Å². The van der Waals surface area contributed by atoms with Gasteiger partial charge in [-0.1, -0.05) is 0 Å². The summed E-state index contributed by atoms with van der Waals surface area (Å²) in [5.74, 6) is -5.80. The molecule has 2 N–H and O–H groups in total. The lowest BCUT2D eigenvalue weighted by Crippen LogP contribution is -2.35. The number of thiophene rings is 1. The van der Waals surface area contributed by atoms with Gasteiger partial charge in [0.2, 0.25) is 17.7 Å². The Labute approximate surface area is 164 Å². The van der Waals surface area contributed by atoms with E-state index in [1.165, 1.54) is 24.8 Å². The van der Waals surface area contributed by atoms with E-state index in [0.29, 0.717) is 11.8 Å². The summed E-state index contributed by atoms with van der Waals surface area (Å²) in [7, 11) is -3.57. The first kappa shape index (κ1) is 22.5. The molecule has 0 spiro atoms. The van der Waals surface area contributed by atoms with Gasteiger partial charge in [-0.15, -0.1) is 11.3 Å². The van der Waals surface area contributed by atoms with E-state index >= 15 is 0 Å². The zero-order chi connectivity index (χ0) is 22.0. The van der Waals surface area contributed by atoms with Crippen LogP contribution >= 0.6 is 11.3 Å². The fraction of sp³-hybridized carbons (Fsp3) is 0.214. The van der Waals surface area contributed by atoms with Crippen molar-refractivity contribution in [1.82, 2.24) is 14.7 Å². The van der Waals surface area contributed by atoms with Crippen LogP contribution in [-0.2, 0) is 10.0 Å². The number of hydrogen-bond donors (Lipinski definition) is 2. The van der Waals surface area contributed by atoms with Gasteiger partial charge < -0.3 is 4.74 Å². The molecule has 0 saturated carbocycles. The average Bonchev–Trinajstić information content (AvgIpc) is 3.09. The molecule has 0 atom stereocenters. The van der Waals surface area contributed by atoms with Crippen LogP contribution in [0.3, 0.4) is 0 Å². The van der Waals surface area contributed by atoms with Crippen molar-refractivity contribution in [2.24, 2.45) is 0 Å². The minimum Gasteiger partial charge on any atom is -0.481 e. The van der Waals surface area contributed by atoms with E-state index < -0.39 is 43.7 Å². The minimum atomic E-state index is -5.65. The molecule has 0 aliphatic rings. The molecule has 2 aromatic heterocycles. The smallest absolute Gasteiger partial charge is 0.445 e. The first-order valence-corrected chi connectivity index (χ1v) is 9.65. The van der Waals surface area contributed by atoms with Crippen molar-refractivity contribution in [3.63, 3.8) is 0 Å². The molecule has 0 aliphatic heterocycles. The summed E-state index contributed by atoms with van der Waals surface area (Å²) in [6, 6.07) is 0.659. The number of rotatable bonds is 5. The monoisotopic (exact) mass is 458 g/mol. The lowest BCUT2D eigenvalue weighted by Gasteiger charge is -2.10. The van der Waals surface area contributed by atoms with Crippen LogP contribution in [0.1, 0.15) is 11.3 Å². The number of halogens is 5. The average molecular weight is 458 g/mol. The molecule has 0 bridgehead atoms. The fourth-order valence-electron chi connectivity index (χ4n) is 1.90. The number of alkyl halides is 3. The van der Waals surface area contributed by atoms with Gasteiger partial charge in [-0.3, -0.25) is 5.32 Å². The van der Waals surface area contributed by atoms with E-state index in [2.05, 4.69) is 9.97 Å². The van der Waals surface area contributed by atoms with Gasteiger partial charge >= 0.3 is 12.2 Å². The first-order chi connectivity index (χ1) is 13.3. The third kappa shape index (κ3) is 5.38. The maximum atomic E-state index is 13.8. The van der Waals surface area contributed by atoms with Crippen molar-refractivity contribution >= 4 is 39.2 Å². The molecule has 2 heterocycles. The summed E-state index contributed by atoms with van der Waals surface area (Å²) >= 11 is 0.280. The number of hydrogen-bond acceptors (Lipinski definition) is 7. The predicted molar refractivity (Wildman–Crippen MR) is 92.2 cm³/mol. The molecule has 0 saturated heterocycles. The number of nitrogens with one attached hydrogen (secondary N) is 2. The molecule has 2 amide bonds. The number of carbonyl (C=O) groups is 1. The number of allylic oxidation sites excluding steroid dienone is 1. The highest BCUT2D eigenvalue weighted by atomic mass is 32.2. The van der Waals surface area contributed by atoms with Crippen LogP contribution < -0.4 is 14.8 Å². The van der Waals surface area contributed by atoms with Crippen molar-refractivity contribution in [3.8, 4) is 5.88 Å². The third-order valence-electron chi connectivity index (χ3n) is 3.04. The normalized spacial score (nSPS) is 12.9. The number of nitrogens with zero attached hydrogens (tertiary/aromatic N) is 2. The Morgan fingerprint density at radius 2 is 1.90 bits per heavy atom. The minimum absolute atomic E-state index is 0.0611. The number of sulfonamides is 1. The lowest BCUT2D eigenvalue weighted by molar-refractivity contribution is -0.108. The molecule has 2 rings (SSSR count). The van der Waals surface area contributed by atoms with E-state index in [4.69, 9.17) is 4.74 Å². The van der Waals surface area contributed by atoms with Crippen LogP contribution in [0.2, 0.25) is 0 Å². The van der Waals surface area contributed by atoms with Crippen molar-refractivity contribution < 1.29 is 39.9 Å². The van der Waals surface area contributed by atoms with Crippen LogP contribution in [0.4, 0.5) is 32.7 Å². The Hall–Kier alpha value is -2.81. The number of amides is 2. The summed E-state index contributed by atoms with van der Waals surface area (Å²) in [5, 5.41) is 2.90. The maximum Gasteiger partial charge on any atom is 0.445 e. The molecule has 0 unspecified atom stereocenters. The number of urea groups is 1. The molecule has 29 heavy (non-hydrogen) atoms. The van der Waals surface area contributed by atoms with Gasteiger partial charge in [0, 0.05) is 17.3 Å². The van der Waals surface area contributed by atoms with Crippen LogP contribution in [0.25, 0.3) is 5.83 Å². The van der Waals surface area contributed by atoms with Gasteiger partial charge in [0.05, 0.1) is 7.11 Å². The number of anilines is 1. The van der Waals surface area contributed by atoms with Gasteiger partial charge in [-0.25, -0.2) is 27.3 Å². The van der Waals surface area contributed by atoms with Crippen molar-refractivity contribution in [2.45, 2.75) is 17.3 Å². The number of carbonyl (C=O) groups excluding carboxylic acids is 1. The largest absolute Gasteiger partial charge is 0.481 e. The highest BCUT2D eigenvalue weighted by molar-refractivity contribution is 7.92. The second-order valence-corrected chi connectivity index (χ2v) is 7.98. The molecule has 15 heteroatoms. The van der Waals surface area contributed by atoms with Gasteiger partial charge in [-0.2, -0.15) is 22.5 Å². The van der Waals surface area contributed by atoms with Gasteiger partial charge in [0.1, 0.15) is 0 Å².